The molecule has 2 N–H and O–H groups in total. The van der Waals surface area contributed by atoms with E-state index in [9.17, 15) is 23.4 Å². The lowest BCUT2D eigenvalue weighted by molar-refractivity contribution is -0.227. The molecule has 9 atom stereocenters. The van der Waals surface area contributed by atoms with Crippen LogP contribution in [0.4, 0.5) is 13.2 Å². The third kappa shape index (κ3) is 3.69. The summed E-state index contributed by atoms with van der Waals surface area (Å²) < 4.78 is 45.0. The Morgan fingerprint density at radius 3 is 2.48 bits per heavy atom. The van der Waals surface area contributed by atoms with Crippen molar-refractivity contribution in [3.8, 4) is 0 Å². The number of halogens is 3. The first kappa shape index (κ1) is 23.6. The molecule has 1 unspecified atom stereocenters. The Bertz CT molecular complexity index is 721. The topological polar surface area (TPSA) is 49.7 Å². The van der Waals surface area contributed by atoms with Crippen molar-refractivity contribution < 1.29 is 28.1 Å². The monoisotopic (exact) mass is 444 g/mol. The number of ether oxygens (including phenoxy) is 1. The van der Waals surface area contributed by atoms with Gasteiger partial charge in [0.2, 0.25) is 0 Å². The summed E-state index contributed by atoms with van der Waals surface area (Å²) in [6, 6.07) is 0. The van der Waals surface area contributed by atoms with Crippen LogP contribution in [0.3, 0.4) is 0 Å². The van der Waals surface area contributed by atoms with E-state index < -0.39 is 23.8 Å². The average molecular weight is 445 g/mol. The summed E-state index contributed by atoms with van der Waals surface area (Å²) in [4.78, 5) is 0. The maximum Gasteiger partial charge on any atom is 0.414 e. The van der Waals surface area contributed by atoms with Gasteiger partial charge in [0.25, 0.3) is 0 Å². The van der Waals surface area contributed by atoms with Crippen molar-refractivity contribution in [2.24, 2.45) is 40.4 Å². The molecule has 0 radical (unpaired) electrons. The largest absolute Gasteiger partial charge is 0.414 e. The van der Waals surface area contributed by atoms with Gasteiger partial charge < -0.3 is 14.9 Å². The van der Waals surface area contributed by atoms with Crippen molar-refractivity contribution >= 4 is 0 Å². The summed E-state index contributed by atoms with van der Waals surface area (Å²) in [7, 11) is 1.63. The van der Waals surface area contributed by atoms with Gasteiger partial charge in [-0.3, -0.25) is 0 Å². The second-order valence-corrected chi connectivity index (χ2v) is 11.7. The molecule has 6 heteroatoms. The van der Waals surface area contributed by atoms with E-state index in [0.717, 1.165) is 44.9 Å². The summed E-state index contributed by atoms with van der Waals surface area (Å²) in [5.74, 6) is 0.566. The predicted octanol–water partition coefficient (Wildman–Crippen LogP) is 5.50. The molecule has 0 spiro atoms. The Morgan fingerprint density at radius 1 is 1.13 bits per heavy atom. The molecule has 4 aliphatic rings. The lowest BCUT2D eigenvalue weighted by Crippen LogP contribution is -2.53. The Hall–Kier alpha value is -0.590. The molecule has 3 fully saturated rings. The molecule has 3 nitrogen and oxygen atoms in total. The number of allylic oxidation sites excluding steroid dienone is 1. The van der Waals surface area contributed by atoms with Crippen LogP contribution in [0.5, 0.6) is 0 Å². The van der Waals surface area contributed by atoms with Crippen LogP contribution in [0.15, 0.2) is 11.6 Å². The molecule has 0 saturated heterocycles. The highest BCUT2D eigenvalue weighted by atomic mass is 19.4. The fourth-order valence-corrected chi connectivity index (χ4v) is 8.53. The molecule has 0 amide bonds. The first-order chi connectivity index (χ1) is 14.4. The molecule has 0 bridgehead atoms. The molecule has 4 aliphatic carbocycles. The minimum atomic E-state index is -4.55. The van der Waals surface area contributed by atoms with Gasteiger partial charge >= 0.3 is 6.18 Å². The van der Waals surface area contributed by atoms with Gasteiger partial charge in [0.15, 0.2) is 6.10 Å². The van der Waals surface area contributed by atoms with Gasteiger partial charge in [-0.2, -0.15) is 13.2 Å². The Morgan fingerprint density at radius 2 is 1.84 bits per heavy atom. The molecule has 0 aliphatic heterocycles. The van der Waals surface area contributed by atoms with Crippen LogP contribution in [-0.2, 0) is 4.74 Å². The smallest absolute Gasteiger partial charge is 0.387 e. The molecule has 178 valence electrons. The average Bonchev–Trinajstić information content (AvgIpc) is 3.04. The number of hydrogen-bond donors (Lipinski definition) is 2. The van der Waals surface area contributed by atoms with Crippen molar-refractivity contribution in [3.63, 3.8) is 0 Å². The standard InChI is InChI=1S/C25H39F3O3/c1-15(21(29)25(26,27)28)18-7-8-19-17-6-5-16-13-24(30,14-31-4)12-11-22(16,2)20(17)9-10-23(18,19)3/h5,15,17-21,29-30H,6-14H2,1-4H3/t15-,17-,18?,19-,20-,21+,22-,23+,24-/m0/s1. The highest BCUT2D eigenvalue weighted by Gasteiger charge is 2.61. The fourth-order valence-electron chi connectivity index (χ4n) is 8.53. The Labute approximate surface area is 184 Å². The van der Waals surface area contributed by atoms with Crippen LogP contribution in [0.25, 0.3) is 0 Å². The quantitative estimate of drug-likeness (QED) is 0.563. The number of aliphatic hydroxyl groups excluding tert-OH is 1. The van der Waals surface area contributed by atoms with Crippen LogP contribution in [0, 0.1) is 40.4 Å². The summed E-state index contributed by atoms with van der Waals surface area (Å²) in [5.41, 5.74) is 0.510. The van der Waals surface area contributed by atoms with Gasteiger partial charge in [0.05, 0.1) is 12.2 Å². The minimum absolute atomic E-state index is 0.0689. The van der Waals surface area contributed by atoms with E-state index in [-0.39, 0.29) is 16.7 Å². The third-order valence-corrected chi connectivity index (χ3v) is 10.2. The summed E-state index contributed by atoms with van der Waals surface area (Å²) >= 11 is 0. The van der Waals surface area contributed by atoms with E-state index in [1.54, 1.807) is 14.0 Å². The van der Waals surface area contributed by atoms with Gasteiger partial charge in [-0.05, 0) is 91.8 Å². The van der Waals surface area contributed by atoms with Crippen molar-refractivity contribution in [3.05, 3.63) is 11.6 Å². The van der Waals surface area contributed by atoms with Gasteiger partial charge in [0, 0.05) is 7.11 Å². The summed E-state index contributed by atoms with van der Waals surface area (Å²) in [6.07, 6.45) is 2.55. The first-order valence-corrected chi connectivity index (χ1v) is 12.0. The highest BCUT2D eigenvalue weighted by molar-refractivity contribution is 5.27. The molecule has 0 aromatic heterocycles. The summed E-state index contributed by atoms with van der Waals surface area (Å²) in [6.45, 7) is 6.51. The molecule has 0 aromatic carbocycles. The second kappa shape index (κ2) is 7.73. The van der Waals surface area contributed by atoms with Gasteiger partial charge in [-0.15, -0.1) is 0 Å². The molecule has 3 saturated carbocycles. The molecule has 0 aromatic rings. The van der Waals surface area contributed by atoms with E-state index in [4.69, 9.17) is 4.74 Å². The zero-order valence-electron chi connectivity index (χ0n) is 19.3. The predicted molar refractivity (Wildman–Crippen MR) is 113 cm³/mol. The fraction of sp³-hybridized carbons (Fsp3) is 0.920. The Balaban J connectivity index is 1.57. The molecular formula is C25H39F3O3. The van der Waals surface area contributed by atoms with E-state index in [1.165, 1.54) is 5.57 Å². The first-order valence-electron chi connectivity index (χ1n) is 12.0. The second-order valence-electron chi connectivity index (χ2n) is 11.7. The van der Waals surface area contributed by atoms with Crippen molar-refractivity contribution in [1.29, 1.82) is 0 Å². The Kier molecular flexibility index (Phi) is 5.88. The van der Waals surface area contributed by atoms with Crippen LogP contribution < -0.4 is 0 Å². The van der Waals surface area contributed by atoms with Gasteiger partial charge in [-0.25, -0.2) is 0 Å². The van der Waals surface area contributed by atoms with Crippen molar-refractivity contribution in [2.45, 2.75) is 90.0 Å². The molecule has 31 heavy (non-hydrogen) atoms. The van der Waals surface area contributed by atoms with Crippen molar-refractivity contribution in [2.75, 3.05) is 13.7 Å². The highest BCUT2D eigenvalue weighted by Crippen LogP contribution is 2.68. The van der Waals surface area contributed by atoms with Gasteiger partial charge in [0.1, 0.15) is 0 Å². The number of fused-ring (bicyclic) bond motifs is 5. The SMILES string of the molecule is COC[C@]1(O)CC[C@@]2(C)C(=CC[C@@H]3[C@@H]2CC[C@]2(C)C([C@H](C)[C@@H](O)C(F)(F)F)CC[C@@H]32)C1. The molecule has 0 heterocycles. The number of hydrogen-bond acceptors (Lipinski definition) is 3. The minimum Gasteiger partial charge on any atom is -0.387 e. The van der Waals surface area contributed by atoms with Crippen LogP contribution >= 0.6 is 0 Å². The van der Waals surface area contributed by atoms with E-state index in [1.807, 2.05) is 0 Å². The lowest BCUT2D eigenvalue weighted by Gasteiger charge is -2.59. The van der Waals surface area contributed by atoms with E-state index >= 15 is 0 Å². The number of aliphatic hydroxyl groups is 2. The van der Waals surface area contributed by atoms with Crippen LogP contribution in [-0.4, -0.2) is 41.8 Å². The number of alkyl halides is 3. The van der Waals surface area contributed by atoms with Crippen LogP contribution in [0.1, 0.15) is 72.1 Å². The lowest BCUT2D eigenvalue weighted by atomic mass is 9.46. The molecule has 4 rings (SSSR count). The van der Waals surface area contributed by atoms with E-state index in [0.29, 0.717) is 30.8 Å². The maximum absolute atomic E-state index is 13.2. The normalized spacial score (nSPS) is 47.1. The third-order valence-electron chi connectivity index (χ3n) is 10.2. The van der Waals surface area contributed by atoms with Crippen LogP contribution in [0.2, 0.25) is 0 Å². The zero-order chi connectivity index (χ0) is 22.8. The number of methoxy groups -OCH3 is 1. The summed E-state index contributed by atoms with van der Waals surface area (Å²) in [5, 5.41) is 20.9. The maximum atomic E-state index is 13.2. The zero-order valence-corrected chi connectivity index (χ0v) is 19.3. The van der Waals surface area contributed by atoms with Gasteiger partial charge in [-0.1, -0.05) is 32.4 Å². The van der Waals surface area contributed by atoms with Crippen molar-refractivity contribution in [1.82, 2.24) is 0 Å². The van der Waals surface area contributed by atoms with E-state index in [2.05, 4.69) is 19.9 Å². The number of rotatable bonds is 4. The molecular weight excluding hydrogens is 405 g/mol.